The lowest BCUT2D eigenvalue weighted by Crippen LogP contribution is -2.50. The predicted octanol–water partition coefficient (Wildman–Crippen LogP) is 2.84. The van der Waals surface area contributed by atoms with Gasteiger partial charge in [-0.2, -0.15) is 0 Å². The normalized spacial score (nSPS) is 17.6. The van der Waals surface area contributed by atoms with Crippen molar-refractivity contribution in [2.75, 3.05) is 40.8 Å². The second kappa shape index (κ2) is 12.3. The summed E-state index contributed by atoms with van der Waals surface area (Å²) in [5, 5.41) is 9.92. The summed E-state index contributed by atoms with van der Waals surface area (Å²) < 4.78 is 6.33. The fourth-order valence-corrected chi connectivity index (χ4v) is 4.61. The molecule has 210 valence electrons. The average Bonchev–Trinajstić information content (AvgIpc) is 2.97. The first kappa shape index (κ1) is 28.7. The molecule has 40 heavy (non-hydrogen) atoms. The summed E-state index contributed by atoms with van der Waals surface area (Å²) in [4.78, 5) is 52.3. The molecule has 10 nitrogen and oxygen atoms in total. The molecule has 0 unspecified atom stereocenters. The van der Waals surface area contributed by atoms with E-state index in [1.807, 2.05) is 19.1 Å². The number of aliphatic hydroxyl groups is 1. The van der Waals surface area contributed by atoms with Gasteiger partial charge in [0.15, 0.2) is 0 Å². The number of aromatic nitrogens is 2. The number of likely N-dealkylation sites (N-methyl/N-ethyl adjacent to an activating group) is 1. The fraction of sp³-hybridized carbons (Fsp3) is 0.367. The SMILES string of the molecule is C[C@H](CO)N1C[C@H](C)[C@H](CN(C)C(=O)c2ccncc2)Oc2ncc(-c3ccc(C(=O)N(C)C)cc3)cc2C1=O. The molecule has 0 saturated heterocycles. The first-order chi connectivity index (χ1) is 19.1. The van der Waals surface area contributed by atoms with E-state index in [0.29, 0.717) is 23.2 Å². The van der Waals surface area contributed by atoms with E-state index in [0.717, 1.165) is 5.56 Å². The summed E-state index contributed by atoms with van der Waals surface area (Å²) in [6.45, 7) is 4.14. The number of ether oxygens (including phenoxy) is 1. The number of hydrogen-bond acceptors (Lipinski definition) is 7. The quantitative estimate of drug-likeness (QED) is 0.485. The Hall–Kier alpha value is -4.31. The van der Waals surface area contributed by atoms with Gasteiger partial charge in [0.2, 0.25) is 5.88 Å². The molecule has 1 N–H and O–H groups in total. The number of aliphatic hydroxyl groups excluding tert-OH is 1. The van der Waals surface area contributed by atoms with E-state index < -0.39 is 12.1 Å². The summed E-state index contributed by atoms with van der Waals surface area (Å²) in [6.07, 6.45) is 4.30. The highest BCUT2D eigenvalue weighted by molar-refractivity contribution is 5.98. The molecule has 0 aliphatic carbocycles. The Morgan fingerprint density at radius 2 is 1.70 bits per heavy atom. The number of fused-ring (bicyclic) bond motifs is 1. The van der Waals surface area contributed by atoms with Crippen LogP contribution in [-0.2, 0) is 0 Å². The van der Waals surface area contributed by atoms with Crippen LogP contribution in [0.3, 0.4) is 0 Å². The number of benzene rings is 1. The van der Waals surface area contributed by atoms with Gasteiger partial charge in [0, 0.05) is 68.9 Å². The third-order valence-electron chi connectivity index (χ3n) is 7.12. The van der Waals surface area contributed by atoms with Crippen LogP contribution in [0.25, 0.3) is 11.1 Å². The van der Waals surface area contributed by atoms with Crippen LogP contribution in [0.2, 0.25) is 0 Å². The van der Waals surface area contributed by atoms with Crippen LogP contribution < -0.4 is 4.74 Å². The van der Waals surface area contributed by atoms with Crippen LogP contribution in [0.4, 0.5) is 0 Å². The van der Waals surface area contributed by atoms with E-state index in [1.165, 1.54) is 4.90 Å². The van der Waals surface area contributed by atoms with Gasteiger partial charge in [-0.05, 0) is 42.8 Å². The van der Waals surface area contributed by atoms with Crippen LogP contribution in [-0.4, -0.2) is 100 Å². The zero-order valence-electron chi connectivity index (χ0n) is 23.4. The van der Waals surface area contributed by atoms with E-state index in [4.69, 9.17) is 4.74 Å². The molecular weight excluding hydrogens is 510 g/mol. The number of rotatable bonds is 7. The van der Waals surface area contributed by atoms with E-state index in [1.54, 1.807) is 86.8 Å². The molecule has 1 aliphatic rings. The van der Waals surface area contributed by atoms with E-state index in [-0.39, 0.29) is 48.2 Å². The lowest BCUT2D eigenvalue weighted by atomic mass is 9.98. The second-order valence-electron chi connectivity index (χ2n) is 10.4. The van der Waals surface area contributed by atoms with Crippen molar-refractivity contribution in [1.29, 1.82) is 0 Å². The van der Waals surface area contributed by atoms with Gasteiger partial charge >= 0.3 is 0 Å². The van der Waals surface area contributed by atoms with Crippen molar-refractivity contribution in [3.63, 3.8) is 0 Å². The number of carbonyl (C=O) groups is 3. The molecule has 1 aromatic carbocycles. The molecule has 3 atom stereocenters. The smallest absolute Gasteiger partial charge is 0.259 e. The number of pyridine rings is 2. The van der Waals surface area contributed by atoms with Gasteiger partial charge in [-0.25, -0.2) is 4.98 Å². The van der Waals surface area contributed by atoms with Crippen LogP contribution in [0.5, 0.6) is 5.88 Å². The Labute approximate surface area is 234 Å². The lowest BCUT2D eigenvalue weighted by Gasteiger charge is -2.37. The maximum absolute atomic E-state index is 13.7. The lowest BCUT2D eigenvalue weighted by molar-refractivity contribution is 0.0313. The second-order valence-corrected chi connectivity index (χ2v) is 10.4. The molecule has 2 aromatic heterocycles. The van der Waals surface area contributed by atoms with Gasteiger partial charge in [-0.1, -0.05) is 19.1 Å². The molecule has 0 spiro atoms. The van der Waals surface area contributed by atoms with E-state index in [9.17, 15) is 19.5 Å². The summed E-state index contributed by atoms with van der Waals surface area (Å²) in [6, 6.07) is 11.7. The zero-order valence-corrected chi connectivity index (χ0v) is 23.4. The van der Waals surface area contributed by atoms with Crippen molar-refractivity contribution in [3.05, 3.63) is 77.7 Å². The summed E-state index contributed by atoms with van der Waals surface area (Å²) in [5.41, 5.74) is 2.81. The fourth-order valence-electron chi connectivity index (χ4n) is 4.61. The van der Waals surface area contributed by atoms with Gasteiger partial charge in [-0.15, -0.1) is 0 Å². The largest absolute Gasteiger partial charge is 0.472 e. The van der Waals surface area contributed by atoms with Gasteiger partial charge in [-0.3, -0.25) is 19.4 Å². The monoisotopic (exact) mass is 545 g/mol. The van der Waals surface area contributed by atoms with Gasteiger partial charge in [0.25, 0.3) is 17.7 Å². The van der Waals surface area contributed by atoms with Crippen molar-refractivity contribution < 1.29 is 24.2 Å². The maximum atomic E-state index is 13.7. The Bertz CT molecular complexity index is 1360. The standard InChI is InChI=1S/C30H35N5O5/c1-19-16-35(20(2)18-36)30(39)25-14-24(21-6-8-22(9-7-21)28(37)33(3)4)15-32-27(25)40-26(19)17-34(5)29(38)23-10-12-31-13-11-23/h6-15,19-20,26,36H,16-18H2,1-5H3/t19-,20+,26-/m0/s1. The summed E-state index contributed by atoms with van der Waals surface area (Å²) in [7, 11) is 5.10. The molecule has 4 rings (SSSR count). The number of nitrogens with zero attached hydrogens (tertiary/aromatic N) is 5. The number of amides is 3. The van der Waals surface area contributed by atoms with Crippen molar-refractivity contribution in [3.8, 4) is 17.0 Å². The van der Waals surface area contributed by atoms with Crippen LogP contribution in [0, 0.1) is 5.92 Å². The molecule has 0 saturated carbocycles. The van der Waals surface area contributed by atoms with Gasteiger partial charge in [0.05, 0.1) is 19.2 Å². The summed E-state index contributed by atoms with van der Waals surface area (Å²) >= 11 is 0. The molecule has 0 bridgehead atoms. The minimum Gasteiger partial charge on any atom is -0.472 e. The number of carbonyl (C=O) groups excluding carboxylic acids is 3. The van der Waals surface area contributed by atoms with Crippen LogP contribution in [0.15, 0.2) is 61.1 Å². The Balaban J connectivity index is 1.67. The average molecular weight is 546 g/mol. The topological polar surface area (TPSA) is 116 Å². The molecule has 3 amide bonds. The molecule has 10 heteroatoms. The molecule has 3 aromatic rings. The maximum Gasteiger partial charge on any atom is 0.259 e. The van der Waals surface area contributed by atoms with E-state index in [2.05, 4.69) is 9.97 Å². The first-order valence-electron chi connectivity index (χ1n) is 13.2. The Kier molecular flexibility index (Phi) is 8.79. The molecule has 0 fully saturated rings. The van der Waals surface area contributed by atoms with Crippen LogP contribution in [0.1, 0.15) is 44.9 Å². The Morgan fingerprint density at radius 3 is 2.33 bits per heavy atom. The minimum absolute atomic E-state index is 0.104. The zero-order chi connectivity index (χ0) is 29.0. The minimum atomic E-state index is -0.467. The highest BCUT2D eigenvalue weighted by atomic mass is 16.5. The van der Waals surface area contributed by atoms with Crippen molar-refractivity contribution in [2.45, 2.75) is 26.0 Å². The van der Waals surface area contributed by atoms with Crippen molar-refractivity contribution >= 4 is 17.7 Å². The Morgan fingerprint density at radius 1 is 1.05 bits per heavy atom. The van der Waals surface area contributed by atoms with Gasteiger partial charge in [0.1, 0.15) is 11.7 Å². The van der Waals surface area contributed by atoms with Gasteiger partial charge < -0.3 is 24.5 Å². The third-order valence-corrected chi connectivity index (χ3v) is 7.12. The molecule has 1 aliphatic heterocycles. The third kappa shape index (κ3) is 6.12. The first-order valence-corrected chi connectivity index (χ1v) is 13.2. The highest BCUT2D eigenvalue weighted by Gasteiger charge is 2.35. The number of hydrogen-bond donors (Lipinski definition) is 1. The molecule has 3 heterocycles. The summed E-state index contributed by atoms with van der Waals surface area (Å²) in [5.74, 6) is -0.562. The highest BCUT2D eigenvalue weighted by Crippen LogP contribution is 2.30. The predicted molar refractivity (Wildman–Crippen MR) is 150 cm³/mol. The van der Waals surface area contributed by atoms with E-state index >= 15 is 0 Å². The molecule has 0 radical (unpaired) electrons. The van der Waals surface area contributed by atoms with Crippen molar-refractivity contribution in [2.24, 2.45) is 5.92 Å². The van der Waals surface area contributed by atoms with Crippen LogP contribution >= 0.6 is 0 Å². The van der Waals surface area contributed by atoms with Crippen molar-refractivity contribution in [1.82, 2.24) is 24.7 Å². The molecular formula is C30H35N5O5.